The molecule has 5 aromatic rings. The van der Waals surface area contributed by atoms with Gasteiger partial charge in [-0.15, -0.1) is 0 Å². The molecule has 5 aromatic carbocycles. The van der Waals surface area contributed by atoms with Gasteiger partial charge in [-0.05, 0) is 45.8 Å². The molecule has 0 fully saturated rings. The number of fused-ring (bicyclic) bond motifs is 2. The molecule has 0 saturated carbocycles. The van der Waals surface area contributed by atoms with Crippen LogP contribution in [0.15, 0.2) is 36.4 Å². The lowest BCUT2D eigenvalue weighted by Crippen LogP contribution is -2.59. The van der Waals surface area contributed by atoms with Gasteiger partial charge in [0.05, 0.1) is 24.2 Å². The summed E-state index contributed by atoms with van der Waals surface area (Å²) in [6.07, 6.45) is -25.6. The Labute approximate surface area is 315 Å². The summed E-state index contributed by atoms with van der Waals surface area (Å²) in [5, 5.41) is -9.10. The molecule has 26 heteroatoms. The Balaban J connectivity index is 1.56. The number of amides is 4. The zero-order valence-corrected chi connectivity index (χ0v) is 28.0. The first kappa shape index (κ1) is 42.4. The first-order valence-corrected chi connectivity index (χ1v) is 15.8. The molecule has 0 spiro atoms. The van der Waals surface area contributed by atoms with E-state index in [0.717, 1.165) is 0 Å². The SMILES string of the molecule is O=C1c2ccc3c4c(C(F)(F)F)cc5c6c(ccc(c7c(C(F)(F)F)cc(c2c37)C(=O)N1CC(F)(F)C(F)(F)C(F)(F)F)c64)C(=O)N(CC(F)(F)C(F)(F)C(F)(F)F)C5=O. The molecule has 6 nitrogen and oxygen atoms in total. The van der Waals surface area contributed by atoms with Crippen molar-refractivity contribution in [3.8, 4) is 0 Å². The molecule has 0 aromatic heterocycles. The standard InChI is InChI=1S/C34H10F20N2O4/c35-27(36,31(45,46)33(49,50)51)7-55-23(57)11-3-1-9-19-15(29(39,40)41)5-14-18-12(24(58)56(26(14)60)8-28(37,38)32(47,48)34(52,53)54)4-2-10(22(18)19)20-16(30(42,43)44)6-13(25(55)59)17(11)21(9)20/h1-6H,7-8H2. The average molecular weight is 890 g/mol. The van der Waals surface area contributed by atoms with Crippen molar-refractivity contribution in [3.05, 3.63) is 69.8 Å². The second kappa shape index (κ2) is 12.0. The molecule has 0 unspecified atom stereocenters. The third-order valence-corrected chi connectivity index (χ3v) is 9.96. The minimum atomic E-state index is -7.01. The zero-order valence-electron chi connectivity index (χ0n) is 28.0. The molecule has 0 aliphatic carbocycles. The van der Waals surface area contributed by atoms with E-state index in [1.807, 2.05) is 0 Å². The van der Waals surface area contributed by atoms with Crippen LogP contribution in [0.25, 0.3) is 43.1 Å². The molecule has 0 atom stereocenters. The fourth-order valence-electron chi connectivity index (χ4n) is 7.31. The second-order valence-corrected chi connectivity index (χ2v) is 13.5. The Morgan fingerprint density at radius 2 is 0.650 bits per heavy atom. The third-order valence-electron chi connectivity index (χ3n) is 9.96. The monoisotopic (exact) mass is 890 g/mol. The summed E-state index contributed by atoms with van der Waals surface area (Å²) in [5.41, 5.74) is -9.62. The number of benzene rings is 5. The first-order chi connectivity index (χ1) is 27.0. The molecule has 4 amide bonds. The van der Waals surface area contributed by atoms with Crippen LogP contribution in [0.1, 0.15) is 52.6 Å². The lowest BCUT2D eigenvalue weighted by Gasteiger charge is -2.35. The number of halogens is 20. The van der Waals surface area contributed by atoms with Gasteiger partial charge in [0.1, 0.15) is 0 Å². The average Bonchev–Trinajstić information content (AvgIpc) is 3.10. The lowest BCUT2D eigenvalue weighted by molar-refractivity contribution is -0.354. The summed E-state index contributed by atoms with van der Waals surface area (Å²) in [4.78, 5) is 51.8. The highest BCUT2D eigenvalue weighted by molar-refractivity contribution is 6.42. The minimum absolute atomic E-state index is 0.209. The summed E-state index contributed by atoms with van der Waals surface area (Å²) in [6.45, 7) is -6.18. The van der Waals surface area contributed by atoms with Crippen molar-refractivity contribution in [1.82, 2.24) is 9.80 Å². The Morgan fingerprint density at radius 1 is 0.367 bits per heavy atom. The predicted octanol–water partition coefficient (Wildman–Crippen LogP) is 10.6. The molecule has 0 saturated heterocycles. The van der Waals surface area contributed by atoms with Crippen LogP contribution in [0, 0.1) is 0 Å². The van der Waals surface area contributed by atoms with Crippen LogP contribution in [-0.4, -0.2) is 82.6 Å². The molecule has 2 aliphatic rings. The maximum atomic E-state index is 14.9. The van der Waals surface area contributed by atoms with Crippen LogP contribution >= 0.6 is 0 Å². The fourth-order valence-corrected chi connectivity index (χ4v) is 7.31. The van der Waals surface area contributed by atoms with E-state index in [4.69, 9.17) is 0 Å². The number of carbonyl (C=O) groups is 4. The Hall–Kier alpha value is -5.72. The first-order valence-electron chi connectivity index (χ1n) is 15.8. The van der Waals surface area contributed by atoms with E-state index in [2.05, 4.69) is 0 Å². The van der Waals surface area contributed by atoms with Crippen LogP contribution in [0.4, 0.5) is 87.8 Å². The maximum absolute atomic E-state index is 14.9. The van der Waals surface area contributed by atoms with Crippen molar-refractivity contribution in [2.45, 2.75) is 48.4 Å². The van der Waals surface area contributed by atoms with Gasteiger partial charge in [0.2, 0.25) is 0 Å². The van der Waals surface area contributed by atoms with Gasteiger partial charge in [-0.3, -0.25) is 29.0 Å². The highest BCUT2D eigenvalue weighted by Gasteiger charge is 2.75. The van der Waals surface area contributed by atoms with Crippen LogP contribution < -0.4 is 0 Å². The van der Waals surface area contributed by atoms with Crippen molar-refractivity contribution in [1.29, 1.82) is 0 Å². The van der Waals surface area contributed by atoms with E-state index in [1.165, 1.54) is 0 Å². The number of carbonyl (C=O) groups excluding carboxylic acids is 4. The second-order valence-electron chi connectivity index (χ2n) is 13.5. The predicted molar refractivity (Wildman–Crippen MR) is 160 cm³/mol. The molecular weight excluding hydrogens is 880 g/mol. The van der Waals surface area contributed by atoms with E-state index in [-0.39, 0.29) is 12.1 Å². The van der Waals surface area contributed by atoms with Crippen molar-refractivity contribution in [2.75, 3.05) is 13.1 Å². The van der Waals surface area contributed by atoms with Gasteiger partial charge in [-0.1, -0.05) is 12.1 Å². The van der Waals surface area contributed by atoms with Crippen LogP contribution in [0.5, 0.6) is 0 Å². The largest absolute Gasteiger partial charge is 0.459 e. The molecule has 320 valence electrons. The molecule has 2 heterocycles. The minimum Gasteiger partial charge on any atom is -0.269 e. The van der Waals surface area contributed by atoms with Gasteiger partial charge in [0.15, 0.2) is 0 Å². The Bertz CT molecular complexity index is 2570. The van der Waals surface area contributed by atoms with Gasteiger partial charge in [-0.2, -0.15) is 87.8 Å². The molecule has 0 N–H and O–H groups in total. The number of alkyl halides is 20. The van der Waals surface area contributed by atoms with Gasteiger partial charge in [0, 0.05) is 43.8 Å². The van der Waals surface area contributed by atoms with E-state index >= 15 is 0 Å². The van der Waals surface area contributed by atoms with Crippen molar-refractivity contribution in [2.24, 2.45) is 0 Å². The number of hydrogen-bond acceptors (Lipinski definition) is 4. The maximum Gasteiger partial charge on any atom is 0.459 e. The molecule has 2 aliphatic heterocycles. The number of imide groups is 2. The van der Waals surface area contributed by atoms with Crippen molar-refractivity contribution < 1.29 is 107 Å². The number of nitrogens with zero attached hydrogens (tertiary/aromatic N) is 2. The molecular formula is C34H10F20N2O4. The normalized spacial score (nSPS) is 16.5. The number of hydrogen-bond donors (Lipinski definition) is 0. The Morgan fingerprint density at radius 3 is 0.917 bits per heavy atom. The zero-order chi connectivity index (χ0) is 45.2. The summed E-state index contributed by atoms with van der Waals surface area (Å²) in [6, 6.07) is 1.08. The summed E-state index contributed by atoms with van der Waals surface area (Å²) in [7, 11) is 0. The molecule has 0 radical (unpaired) electrons. The van der Waals surface area contributed by atoms with Crippen LogP contribution in [-0.2, 0) is 12.4 Å². The molecule has 0 bridgehead atoms. The molecule has 7 rings (SSSR count). The topological polar surface area (TPSA) is 74.8 Å². The third kappa shape index (κ3) is 5.49. The highest BCUT2D eigenvalue weighted by Crippen LogP contribution is 2.54. The Kier molecular flexibility index (Phi) is 8.46. The van der Waals surface area contributed by atoms with Gasteiger partial charge >= 0.3 is 48.4 Å². The summed E-state index contributed by atoms with van der Waals surface area (Å²) < 4.78 is 280. The van der Waals surface area contributed by atoms with E-state index in [9.17, 15) is 107 Å². The van der Waals surface area contributed by atoms with Crippen molar-refractivity contribution >= 4 is 66.7 Å². The van der Waals surface area contributed by atoms with E-state index in [1.54, 1.807) is 0 Å². The van der Waals surface area contributed by atoms with Gasteiger partial charge in [0.25, 0.3) is 23.6 Å². The number of rotatable bonds is 6. The van der Waals surface area contributed by atoms with Crippen molar-refractivity contribution in [3.63, 3.8) is 0 Å². The van der Waals surface area contributed by atoms with E-state index in [0.29, 0.717) is 24.3 Å². The smallest absolute Gasteiger partial charge is 0.269 e. The quantitative estimate of drug-likeness (QED) is 0.0737. The fraction of sp³-hybridized carbons (Fsp3) is 0.294. The summed E-state index contributed by atoms with van der Waals surface area (Å²) in [5.74, 6) is -35.5. The van der Waals surface area contributed by atoms with E-state index < -0.39 is 171 Å². The van der Waals surface area contributed by atoms with Gasteiger partial charge in [-0.25, -0.2) is 0 Å². The van der Waals surface area contributed by atoms with Gasteiger partial charge < -0.3 is 0 Å². The lowest BCUT2D eigenvalue weighted by atomic mass is 9.79. The van der Waals surface area contributed by atoms with Crippen LogP contribution in [0.2, 0.25) is 0 Å². The van der Waals surface area contributed by atoms with Crippen LogP contribution in [0.3, 0.4) is 0 Å². The summed E-state index contributed by atoms with van der Waals surface area (Å²) >= 11 is 0. The highest BCUT2D eigenvalue weighted by atomic mass is 19.4. The molecule has 60 heavy (non-hydrogen) atoms.